The highest BCUT2D eigenvalue weighted by Gasteiger charge is 2.32. The number of hydrogen-bond donors (Lipinski definition) is 0. The Morgan fingerprint density at radius 3 is 2.05 bits per heavy atom. The number of rotatable bonds is 9. The molecule has 0 amide bonds. The van der Waals surface area contributed by atoms with Crippen molar-refractivity contribution < 1.29 is 40.6 Å². The Balaban J connectivity index is 1.38. The van der Waals surface area contributed by atoms with Crippen molar-refractivity contribution in [1.29, 1.82) is 0 Å². The van der Waals surface area contributed by atoms with E-state index >= 15 is 0 Å². The van der Waals surface area contributed by atoms with Crippen LogP contribution in [0, 0.1) is 23.3 Å². The molecule has 6 unspecified atom stereocenters. The monoisotopic (exact) mass is 544 g/mol. The van der Waals surface area contributed by atoms with E-state index in [1.807, 2.05) is 6.92 Å². The Bertz CT molecular complexity index is 1080. The van der Waals surface area contributed by atoms with Crippen molar-refractivity contribution in [2.24, 2.45) is 0 Å². The van der Waals surface area contributed by atoms with Crippen molar-refractivity contribution in [1.82, 2.24) is 0 Å². The van der Waals surface area contributed by atoms with Crippen LogP contribution in [0.3, 0.4) is 0 Å². The molecule has 0 aliphatic carbocycles. The average Bonchev–Trinajstić information content (AvgIpc) is 2.92. The number of halogens is 6. The smallest absolute Gasteiger partial charge is 0.200 e. The van der Waals surface area contributed by atoms with Gasteiger partial charge in [0.05, 0.1) is 25.4 Å². The predicted molar refractivity (Wildman–Crippen MR) is 131 cm³/mol. The van der Waals surface area contributed by atoms with E-state index in [1.165, 1.54) is 12.1 Å². The molecule has 4 rings (SSSR count). The molecule has 0 bridgehead atoms. The summed E-state index contributed by atoms with van der Waals surface area (Å²) in [5.41, 5.74) is -0.604. The van der Waals surface area contributed by atoms with Crippen LogP contribution in [0.5, 0.6) is 5.75 Å². The highest BCUT2D eigenvalue weighted by atomic mass is 19.2. The lowest BCUT2D eigenvalue weighted by molar-refractivity contribution is -0.00186. The summed E-state index contributed by atoms with van der Waals surface area (Å²) < 4.78 is 105. The largest absolute Gasteiger partial charge is 0.487 e. The Morgan fingerprint density at radius 2 is 1.45 bits per heavy atom. The predicted octanol–water partition coefficient (Wildman–Crippen LogP) is 8.02. The van der Waals surface area contributed by atoms with E-state index < -0.39 is 53.5 Å². The quantitative estimate of drug-likeness (QED) is 0.299. The van der Waals surface area contributed by atoms with Gasteiger partial charge < -0.3 is 14.2 Å². The van der Waals surface area contributed by atoms with Crippen LogP contribution >= 0.6 is 0 Å². The molecule has 2 aromatic carbocycles. The van der Waals surface area contributed by atoms with Gasteiger partial charge in [0, 0.05) is 17.4 Å². The topological polar surface area (TPSA) is 27.7 Å². The summed E-state index contributed by atoms with van der Waals surface area (Å²) >= 11 is 0. The third-order valence-corrected chi connectivity index (χ3v) is 7.60. The van der Waals surface area contributed by atoms with Gasteiger partial charge in [-0.2, -0.15) is 4.39 Å². The maximum absolute atomic E-state index is 14.8. The molecule has 2 saturated heterocycles. The van der Waals surface area contributed by atoms with E-state index in [-0.39, 0.29) is 48.4 Å². The maximum Gasteiger partial charge on any atom is 0.200 e. The molecule has 0 aromatic heterocycles. The van der Waals surface area contributed by atoms with Crippen LogP contribution in [-0.4, -0.2) is 38.2 Å². The van der Waals surface area contributed by atoms with Gasteiger partial charge in [-0.1, -0.05) is 31.5 Å². The van der Waals surface area contributed by atoms with E-state index in [2.05, 4.69) is 6.92 Å². The molecule has 210 valence electrons. The zero-order chi connectivity index (χ0) is 27.4. The van der Waals surface area contributed by atoms with Crippen LogP contribution in [0.1, 0.15) is 87.1 Å². The molecule has 6 atom stereocenters. The zero-order valence-corrected chi connectivity index (χ0v) is 21.6. The SMILES string of the molecule is CCCC1CCC(c2ccc(OCC(F)C(F)c3ccc(C4CCC(C)OC4)c(F)c3F)c(F)c2F)CO1. The Hall–Kier alpha value is -2.26. The summed E-state index contributed by atoms with van der Waals surface area (Å²) in [6.45, 7) is 3.40. The first-order chi connectivity index (χ1) is 18.2. The van der Waals surface area contributed by atoms with Crippen molar-refractivity contribution in [3.05, 3.63) is 64.2 Å². The number of hydrogen-bond acceptors (Lipinski definition) is 3. The first-order valence-corrected chi connectivity index (χ1v) is 13.3. The molecule has 2 aliphatic heterocycles. The minimum Gasteiger partial charge on any atom is -0.487 e. The van der Waals surface area contributed by atoms with E-state index in [0.29, 0.717) is 19.3 Å². The van der Waals surface area contributed by atoms with Gasteiger partial charge in [0.15, 0.2) is 35.5 Å². The molecule has 2 aromatic rings. The standard InChI is InChI=1S/C29H34F6O3/c1-3-4-19-8-7-18(14-37-19)21-11-12-24(29(35)27(21)33)38-15-23(30)25(31)22-10-9-20(26(32)28(22)34)17-6-5-16(2)36-13-17/h9-12,16-19,23,25H,3-8,13-15H2,1-2H3. The van der Waals surface area contributed by atoms with Gasteiger partial charge in [-0.15, -0.1) is 0 Å². The van der Waals surface area contributed by atoms with Crippen LogP contribution in [0.2, 0.25) is 0 Å². The summed E-state index contributed by atoms with van der Waals surface area (Å²) in [6.07, 6.45) is -0.346. The molecule has 3 nitrogen and oxygen atoms in total. The van der Waals surface area contributed by atoms with Gasteiger partial charge in [-0.05, 0) is 56.2 Å². The number of benzene rings is 2. The number of alkyl halides is 2. The lowest BCUT2D eigenvalue weighted by Gasteiger charge is -2.29. The van der Waals surface area contributed by atoms with Gasteiger partial charge in [0.25, 0.3) is 0 Å². The minimum atomic E-state index is -2.57. The number of ether oxygens (including phenoxy) is 3. The van der Waals surface area contributed by atoms with Gasteiger partial charge in [0.1, 0.15) is 6.61 Å². The average molecular weight is 545 g/mol. The maximum atomic E-state index is 14.8. The Morgan fingerprint density at radius 1 is 0.816 bits per heavy atom. The van der Waals surface area contributed by atoms with Crippen molar-refractivity contribution in [2.45, 2.75) is 88.8 Å². The first kappa shape index (κ1) is 28.7. The Labute approximate surface area is 219 Å². The van der Waals surface area contributed by atoms with Crippen LogP contribution in [0.15, 0.2) is 24.3 Å². The van der Waals surface area contributed by atoms with Crippen LogP contribution in [0.25, 0.3) is 0 Å². The molecular formula is C29H34F6O3. The minimum absolute atomic E-state index is 0.0232. The first-order valence-electron chi connectivity index (χ1n) is 13.3. The zero-order valence-electron chi connectivity index (χ0n) is 21.6. The molecule has 38 heavy (non-hydrogen) atoms. The highest BCUT2D eigenvalue weighted by molar-refractivity contribution is 5.34. The second kappa shape index (κ2) is 12.7. The van der Waals surface area contributed by atoms with E-state index in [0.717, 1.165) is 31.4 Å². The van der Waals surface area contributed by atoms with E-state index in [1.54, 1.807) is 0 Å². The lowest BCUT2D eigenvalue weighted by atomic mass is 9.89. The Kier molecular flexibility index (Phi) is 9.63. The van der Waals surface area contributed by atoms with Crippen LogP contribution in [-0.2, 0) is 9.47 Å². The van der Waals surface area contributed by atoms with E-state index in [9.17, 15) is 26.3 Å². The third-order valence-electron chi connectivity index (χ3n) is 7.60. The van der Waals surface area contributed by atoms with Crippen LogP contribution in [0.4, 0.5) is 26.3 Å². The van der Waals surface area contributed by atoms with Crippen molar-refractivity contribution in [2.75, 3.05) is 19.8 Å². The van der Waals surface area contributed by atoms with Crippen molar-refractivity contribution >= 4 is 0 Å². The summed E-state index contributed by atoms with van der Waals surface area (Å²) in [5.74, 6) is -6.44. The highest BCUT2D eigenvalue weighted by Crippen LogP contribution is 2.36. The summed E-state index contributed by atoms with van der Waals surface area (Å²) in [6, 6.07) is 4.76. The third kappa shape index (κ3) is 6.30. The molecule has 2 aliphatic rings. The second-order valence-electron chi connectivity index (χ2n) is 10.3. The summed E-state index contributed by atoms with van der Waals surface area (Å²) in [5, 5.41) is 0. The second-order valence-corrected chi connectivity index (χ2v) is 10.3. The van der Waals surface area contributed by atoms with Crippen molar-refractivity contribution in [3.8, 4) is 5.75 Å². The van der Waals surface area contributed by atoms with Crippen LogP contribution < -0.4 is 4.74 Å². The van der Waals surface area contributed by atoms with Gasteiger partial charge in [0.2, 0.25) is 5.82 Å². The molecule has 9 heteroatoms. The van der Waals surface area contributed by atoms with Crippen molar-refractivity contribution in [3.63, 3.8) is 0 Å². The fraction of sp³-hybridized carbons (Fsp3) is 0.586. The van der Waals surface area contributed by atoms with E-state index in [4.69, 9.17) is 14.2 Å². The molecule has 0 N–H and O–H groups in total. The molecular weight excluding hydrogens is 510 g/mol. The molecule has 0 saturated carbocycles. The summed E-state index contributed by atoms with van der Waals surface area (Å²) in [4.78, 5) is 0. The molecule has 0 spiro atoms. The molecule has 2 fully saturated rings. The lowest BCUT2D eigenvalue weighted by Crippen LogP contribution is -2.25. The summed E-state index contributed by atoms with van der Waals surface area (Å²) in [7, 11) is 0. The molecule has 0 radical (unpaired) electrons. The van der Waals surface area contributed by atoms with Gasteiger partial charge in [-0.25, -0.2) is 22.0 Å². The normalized spacial score (nSPS) is 25.7. The van der Waals surface area contributed by atoms with Gasteiger partial charge >= 0.3 is 0 Å². The van der Waals surface area contributed by atoms with Gasteiger partial charge in [-0.3, -0.25) is 0 Å². The molecule has 2 heterocycles. The fourth-order valence-corrected chi connectivity index (χ4v) is 5.26. The fourth-order valence-electron chi connectivity index (χ4n) is 5.26.